The summed E-state index contributed by atoms with van der Waals surface area (Å²) in [5, 5.41) is 11.0. The van der Waals surface area contributed by atoms with Gasteiger partial charge < -0.3 is 5.32 Å². The second kappa shape index (κ2) is 5.80. The smallest absolute Gasteiger partial charge is 0.261 e. The average Bonchev–Trinajstić information content (AvgIpc) is 3.00. The Hall–Kier alpha value is -2.61. The molecule has 0 bridgehead atoms. The Morgan fingerprint density at radius 2 is 2.19 bits per heavy atom. The van der Waals surface area contributed by atoms with E-state index in [0.29, 0.717) is 16.0 Å². The van der Waals surface area contributed by atoms with Crippen molar-refractivity contribution in [1.29, 1.82) is 0 Å². The van der Waals surface area contributed by atoms with Gasteiger partial charge in [0.1, 0.15) is 5.51 Å². The fourth-order valence-corrected chi connectivity index (χ4v) is 2.36. The standard InChI is InChI=1S/C13H11N5O2S/c19-11(16-13-17-15-8-21-13)5-6-18-7-14-10-4-2-1-3-9(10)12(18)20/h1-4,7-8H,5-6H2,(H,16,17,19). The van der Waals surface area contributed by atoms with E-state index in [0.717, 1.165) is 0 Å². The summed E-state index contributed by atoms with van der Waals surface area (Å²) in [5.74, 6) is -0.216. The Labute approximate surface area is 123 Å². The van der Waals surface area contributed by atoms with Crippen LogP contribution < -0.4 is 10.9 Å². The minimum atomic E-state index is -0.216. The Balaban J connectivity index is 1.72. The van der Waals surface area contributed by atoms with E-state index in [9.17, 15) is 9.59 Å². The number of aryl methyl sites for hydroxylation is 1. The monoisotopic (exact) mass is 301 g/mol. The van der Waals surface area contributed by atoms with Gasteiger partial charge >= 0.3 is 0 Å². The van der Waals surface area contributed by atoms with Crippen molar-refractivity contribution in [3.8, 4) is 0 Å². The van der Waals surface area contributed by atoms with Gasteiger partial charge in [-0.2, -0.15) is 0 Å². The number of benzene rings is 1. The third-order valence-corrected chi connectivity index (χ3v) is 3.52. The molecule has 0 unspecified atom stereocenters. The van der Waals surface area contributed by atoms with Crippen LogP contribution in [0.25, 0.3) is 10.9 Å². The number of nitrogens with one attached hydrogen (secondary N) is 1. The fraction of sp³-hybridized carbons (Fsp3) is 0.154. The van der Waals surface area contributed by atoms with Crippen molar-refractivity contribution in [2.24, 2.45) is 0 Å². The fourth-order valence-electron chi connectivity index (χ4n) is 1.90. The van der Waals surface area contributed by atoms with Gasteiger partial charge in [0, 0.05) is 13.0 Å². The highest BCUT2D eigenvalue weighted by molar-refractivity contribution is 7.13. The molecule has 0 atom stereocenters. The van der Waals surface area contributed by atoms with E-state index >= 15 is 0 Å². The Morgan fingerprint density at radius 1 is 1.33 bits per heavy atom. The molecule has 0 aliphatic heterocycles. The minimum Gasteiger partial charge on any atom is -0.300 e. The van der Waals surface area contributed by atoms with Gasteiger partial charge in [0.15, 0.2) is 0 Å². The van der Waals surface area contributed by atoms with Crippen LogP contribution in [0, 0.1) is 0 Å². The van der Waals surface area contributed by atoms with E-state index in [4.69, 9.17) is 0 Å². The highest BCUT2D eigenvalue weighted by atomic mass is 32.1. The van der Waals surface area contributed by atoms with E-state index in [1.165, 1.54) is 27.7 Å². The van der Waals surface area contributed by atoms with E-state index < -0.39 is 0 Å². The van der Waals surface area contributed by atoms with Crippen LogP contribution in [0.3, 0.4) is 0 Å². The maximum atomic E-state index is 12.2. The van der Waals surface area contributed by atoms with Crippen LogP contribution in [0.5, 0.6) is 0 Å². The lowest BCUT2D eigenvalue weighted by Crippen LogP contribution is -2.23. The number of carbonyl (C=O) groups is 1. The van der Waals surface area contributed by atoms with E-state index in [-0.39, 0.29) is 24.4 Å². The molecule has 21 heavy (non-hydrogen) atoms. The van der Waals surface area contributed by atoms with Gasteiger partial charge in [0.25, 0.3) is 5.56 Å². The number of fused-ring (bicyclic) bond motifs is 1. The summed E-state index contributed by atoms with van der Waals surface area (Å²) < 4.78 is 1.43. The summed E-state index contributed by atoms with van der Waals surface area (Å²) in [4.78, 5) is 28.2. The number of nitrogens with zero attached hydrogens (tertiary/aromatic N) is 4. The lowest BCUT2D eigenvalue weighted by molar-refractivity contribution is -0.116. The summed E-state index contributed by atoms with van der Waals surface area (Å²) in [6, 6.07) is 7.12. The molecule has 3 rings (SSSR count). The minimum absolute atomic E-state index is 0.149. The van der Waals surface area contributed by atoms with Gasteiger partial charge in [-0.1, -0.05) is 23.5 Å². The molecule has 7 nitrogen and oxygen atoms in total. The number of carbonyl (C=O) groups excluding carboxylic acids is 1. The van der Waals surface area contributed by atoms with Gasteiger partial charge in [-0.3, -0.25) is 14.2 Å². The summed E-state index contributed by atoms with van der Waals surface area (Å²) in [7, 11) is 0. The van der Waals surface area contributed by atoms with Gasteiger partial charge in [-0.25, -0.2) is 4.98 Å². The Morgan fingerprint density at radius 3 is 3.00 bits per heavy atom. The van der Waals surface area contributed by atoms with E-state index in [2.05, 4.69) is 20.5 Å². The van der Waals surface area contributed by atoms with Crippen molar-refractivity contribution >= 4 is 33.3 Å². The zero-order valence-electron chi connectivity index (χ0n) is 10.9. The normalized spacial score (nSPS) is 10.7. The first kappa shape index (κ1) is 13.4. The second-order valence-corrected chi connectivity index (χ2v) is 5.14. The van der Waals surface area contributed by atoms with E-state index in [1.807, 2.05) is 6.07 Å². The van der Waals surface area contributed by atoms with Crippen LogP contribution >= 0.6 is 11.3 Å². The average molecular weight is 301 g/mol. The maximum Gasteiger partial charge on any atom is 0.261 e. The molecule has 0 aliphatic rings. The molecule has 3 aromatic rings. The largest absolute Gasteiger partial charge is 0.300 e. The molecule has 0 radical (unpaired) electrons. The molecular formula is C13H11N5O2S. The first-order valence-electron chi connectivity index (χ1n) is 6.24. The Bertz CT molecular complexity index is 828. The van der Waals surface area contributed by atoms with Crippen molar-refractivity contribution < 1.29 is 4.79 Å². The molecule has 0 saturated carbocycles. The molecule has 1 amide bonds. The topological polar surface area (TPSA) is 89.8 Å². The van der Waals surface area contributed by atoms with Crippen molar-refractivity contribution in [2.45, 2.75) is 13.0 Å². The maximum absolute atomic E-state index is 12.2. The summed E-state index contributed by atoms with van der Waals surface area (Å²) >= 11 is 1.24. The van der Waals surface area contributed by atoms with Crippen LogP contribution in [-0.4, -0.2) is 25.7 Å². The van der Waals surface area contributed by atoms with Gasteiger partial charge in [0.2, 0.25) is 11.0 Å². The number of hydrogen-bond acceptors (Lipinski definition) is 6. The molecule has 8 heteroatoms. The van der Waals surface area contributed by atoms with Crippen LogP contribution in [0.15, 0.2) is 40.9 Å². The predicted octanol–water partition coefficient (Wildman–Crippen LogP) is 1.28. The van der Waals surface area contributed by atoms with Crippen molar-refractivity contribution in [1.82, 2.24) is 19.7 Å². The van der Waals surface area contributed by atoms with Crippen LogP contribution in [0.1, 0.15) is 6.42 Å². The first-order chi connectivity index (χ1) is 10.2. The van der Waals surface area contributed by atoms with Crippen LogP contribution in [0.2, 0.25) is 0 Å². The first-order valence-corrected chi connectivity index (χ1v) is 7.12. The predicted molar refractivity (Wildman–Crippen MR) is 79.2 cm³/mol. The van der Waals surface area contributed by atoms with Gasteiger partial charge in [-0.15, -0.1) is 10.2 Å². The zero-order valence-corrected chi connectivity index (χ0v) is 11.7. The molecule has 106 valence electrons. The number of amides is 1. The lowest BCUT2D eigenvalue weighted by atomic mass is 10.2. The number of aromatic nitrogens is 4. The third kappa shape index (κ3) is 2.95. The third-order valence-electron chi connectivity index (χ3n) is 2.92. The Kier molecular flexibility index (Phi) is 3.69. The van der Waals surface area contributed by atoms with Gasteiger partial charge in [-0.05, 0) is 12.1 Å². The molecule has 2 aromatic heterocycles. The summed E-state index contributed by atoms with van der Waals surface area (Å²) in [6.45, 7) is 0.265. The highest BCUT2D eigenvalue weighted by Gasteiger charge is 2.07. The molecular weight excluding hydrogens is 290 g/mol. The van der Waals surface area contributed by atoms with Crippen LogP contribution in [0.4, 0.5) is 5.13 Å². The quantitative estimate of drug-likeness (QED) is 0.784. The number of para-hydroxylation sites is 1. The van der Waals surface area contributed by atoms with Gasteiger partial charge in [0.05, 0.1) is 17.2 Å². The lowest BCUT2D eigenvalue weighted by Gasteiger charge is -2.06. The van der Waals surface area contributed by atoms with Crippen molar-refractivity contribution in [3.05, 3.63) is 46.5 Å². The van der Waals surface area contributed by atoms with E-state index in [1.54, 1.807) is 18.2 Å². The molecule has 1 N–H and O–H groups in total. The zero-order chi connectivity index (χ0) is 14.7. The van der Waals surface area contributed by atoms with Crippen LogP contribution in [-0.2, 0) is 11.3 Å². The number of anilines is 1. The van der Waals surface area contributed by atoms with Crippen molar-refractivity contribution in [3.63, 3.8) is 0 Å². The summed E-state index contributed by atoms with van der Waals surface area (Å²) in [6.07, 6.45) is 1.63. The summed E-state index contributed by atoms with van der Waals surface area (Å²) in [5.41, 5.74) is 2.04. The number of rotatable bonds is 4. The van der Waals surface area contributed by atoms with Crippen molar-refractivity contribution in [2.75, 3.05) is 5.32 Å². The molecule has 0 aliphatic carbocycles. The molecule has 1 aromatic carbocycles. The molecule has 0 spiro atoms. The molecule has 0 saturated heterocycles. The SMILES string of the molecule is O=C(CCn1cnc2ccccc2c1=O)Nc1nncs1. The molecule has 2 heterocycles. The highest BCUT2D eigenvalue weighted by Crippen LogP contribution is 2.08. The molecule has 0 fully saturated rings. The second-order valence-electron chi connectivity index (χ2n) is 4.30. The number of hydrogen-bond donors (Lipinski definition) is 1.